The predicted octanol–water partition coefficient (Wildman–Crippen LogP) is -2.77. The summed E-state index contributed by atoms with van der Waals surface area (Å²) in [6, 6.07) is 7.02. The molecule has 43 heavy (non-hydrogen) atoms. The Kier molecular flexibility index (Phi) is 8.77. The minimum Gasteiger partial charge on any atom is -0.507 e. The molecule has 2 aromatic carbocycles. The summed E-state index contributed by atoms with van der Waals surface area (Å²) in [6.07, 6.45) is -15.9. The van der Waals surface area contributed by atoms with Crippen LogP contribution >= 0.6 is 0 Å². The van der Waals surface area contributed by atoms with Crippen molar-refractivity contribution in [3.63, 3.8) is 0 Å². The smallest absolute Gasteiger partial charge is 0.229 e. The van der Waals surface area contributed by atoms with Gasteiger partial charge in [-0.3, -0.25) is 4.79 Å². The van der Waals surface area contributed by atoms with Crippen LogP contribution in [0.2, 0.25) is 0 Å². The molecule has 234 valence electrons. The first-order chi connectivity index (χ1) is 20.4. The summed E-state index contributed by atoms with van der Waals surface area (Å²) in [5, 5.41) is 99.9. The van der Waals surface area contributed by atoms with E-state index in [9.17, 15) is 55.9 Å². The summed E-state index contributed by atoms with van der Waals surface area (Å²) >= 11 is 0. The predicted molar refractivity (Wildman–Crippen MR) is 140 cm³/mol. The number of hydrogen-bond acceptors (Lipinski definition) is 16. The van der Waals surface area contributed by atoms with Gasteiger partial charge in [0.25, 0.3) is 0 Å². The zero-order valence-electron chi connectivity index (χ0n) is 22.1. The molecule has 0 radical (unpaired) electrons. The molecule has 0 amide bonds. The Balaban J connectivity index is 1.45. The lowest BCUT2D eigenvalue weighted by molar-refractivity contribution is -0.277. The minimum absolute atomic E-state index is 0.0828. The number of aromatic hydroxyl groups is 2. The van der Waals surface area contributed by atoms with Crippen molar-refractivity contribution in [1.82, 2.24) is 0 Å². The van der Waals surface area contributed by atoms with E-state index in [0.717, 1.165) is 12.1 Å². The van der Waals surface area contributed by atoms with Gasteiger partial charge in [-0.1, -0.05) is 0 Å². The van der Waals surface area contributed by atoms with Gasteiger partial charge in [-0.15, -0.1) is 0 Å². The largest absolute Gasteiger partial charge is 0.507 e. The highest BCUT2D eigenvalue weighted by molar-refractivity contribution is 5.86. The quantitative estimate of drug-likeness (QED) is 0.130. The first-order valence-electron chi connectivity index (χ1n) is 13.0. The Morgan fingerprint density at radius 1 is 0.674 bits per heavy atom. The lowest BCUT2D eigenvalue weighted by Crippen LogP contribution is -2.60. The fourth-order valence-electron chi connectivity index (χ4n) is 4.80. The molecule has 3 heterocycles. The maximum absolute atomic E-state index is 12.9. The maximum Gasteiger partial charge on any atom is 0.229 e. The number of hydrogen-bond donors (Lipinski definition) is 10. The normalized spacial score (nSPS) is 32.9. The van der Waals surface area contributed by atoms with Crippen molar-refractivity contribution in [2.75, 3.05) is 13.2 Å². The zero-order chi connectivity index (χ0) is 31.2. The van der Waals surface area contributed by atoms with Gasteiger partial charge in [-0.25, -0.2) is 0 Å². The number of aliphatic hydroxyl groups excluding tert-OH is 8. The van der Waals surface area contributed by atoms with Crippen molar-refractivity contribution in [3.8, 4) is 34.3 Å². The molecule has 10 N–H and O–H groups in total. The molecule has 2 fully saturated rings. The summed E-state index contributed by atoms with van der Waals surface area (Å²) in [6.45, 7) is -1.39. The Morgan fingerprint density at radius 3 is 1.84 bits per heavy atom. The molecule has 2 aliphatic heterocycles. The molecule has 2 aliphatic rings. The third kappa shape index (κ3) is 5.85. The Labute approximate surface area is 241 Å². The number of fused-ring (bicyclic) bond motifs is 1. The molecule has 16 heteroatoms. The molecule has 10 atom stereocenters. The molecule has 5 rings (SSSR count). The zero-order valence-corrected chi connectivity index (χ0v) is 22.1. The third-order valence-corrected chi connectivity index (χ3v) is 7.22. The summed E-state index contributed by atoms with van der Waals surface area (Å²) in [5.41, 5.74) is -0.708. The van der Waals surface area contributed by atoms with Crippen molar-refractivity contribution in [3.05, 3.63) is 46.6 Å². The highest BCUT2D eigenvalue weighted by Gasteiger charge is 2.46. The number of benzene rings is 2. The van der Waals surface area contributed by atoms with E-state index in [0.29, 0.717) is 0 Å². The van der Waals surface area contributed by atoms with E-state index < -0.39 is 91.6 Å². The van der Waals surface area contributed by atoms with Crippen molar-refractivity contribution in [2.45, 2.75) is 61.4 Å². The van der Waals surface area contributed by atoms with E-state index in [1.807, 2.05) is 0 Å². The van der Waals surface area contributed by atoms with E-state index in [4.69, 9.17) is 23.4 Å². The van der Waals surface area contributed by atoms with Gasteiger partial charge in [-0.05, 0) is 18.2 Å². The third-order valence-electron chi connectivity index (χ3n) is 7.22. The van der Waals surface area contributed by atoms with E-state index in [1.165, 1.54) is 24.3 Å². The van der Waals surface area contributed by atoms with Gasteiger partial charge >= 0.3 is 0 Å². The van der Waals surface area contributed by atoms with Crippen LogP contribution < -0.4 is 14.9 Å². The molecule has 0 aliphatic carbocycles. The molecule has 16 nitrogen and oxygen atoms in total. The minimum atomic E-state index is -1.76. The van der Waals surface area contributed by atoms with Crippen LogP contribution in [-0.4, -0.2) is 126 Å². The van der Waals surface area contributed by atoms with Crippen LogP contribution in [0.3, 0.4) is 0 Å². The van der Waals surface area contributed by atoms with E-state index >= 15 is 0 Å². The van der Waals surface area contributed by atoms with Crippen molar-refractivity contribution in [2.24, 2.45) is 0 Å². The summed E-state index contributed by atoms with van der Waals surface area (Å²) < 4.78 is 27.5. The first kappa shape index (κ1) is 30.9. The number of aliphatic hydroxyl groups is 8. The monoisotopic (exact) mass is 610 g/mol. The number of ether oxygens (including phenoxy) is 4. The topological polar surface area (TPSA) is 269 Å². The second-order valence-corrected chi connectivity index (χ2v) is 10.1. The van der Waals surface area contributed by atoms with Gasteiger partial charge in [0.2, 0.25) is 12.6 Å². The van der Waals surface area contributed by atoms with Crippen molar-refractivity contribution >= 4 is 11.0 Å². The molecule has 2 unspecified atom stereocenters. The standard InChI is InChI=1S/C27H30O16/c28-7-17-20(33)22(35)24(37)26(42-17)39-10-4-12(31)19-13(32)6-14(40-16(19)5-10)9-1-2-11(30)15(3-9)41-27-25(38)23(36)21(34)18(8-29)43-27/h1-6,17-18,20-31,33-38H,7-8H2/t17-,18-,20-,21-,22+,23+,24-,25-,26?,27?/m0/s1. The van der Waals surface area contributed by atoms with Crippen LogP contribution in [0.15, 0.2) is 45.6 Å². The first-order valence-corrected chi connectivity index (χ1v) is 13.0. The average molecular weight is 611 g/mol. The molecule has 0 saturated carbocycles. The van der Waals surface area contributed by atoms with Gasteiger partial charge in [0.1, 0.15) is 77.1 Å². The molecule has 1 aromatic heterocycles. The molecule has 2 saturated heterocycles. The Morgan fingerprint density at radius 2 is 1.26 bits per heavy atom. The molecular weight excluding hydrogens is 580 g/mol. The fraction of sp³-hybridized carbons (Fsp3) is 0.444. The van der Waals surface area contributed by atoms with Crippen LogP contribution in [0, 0.1) is 0 Å². The number of phenols is 2. The second-order valence-electron chi connectivity index (χ2n) is 10.1. The molecular formula is C27H30O16. The number of phenolic OH excluding ortho intramolecular Hbond substituents is 2. The molecule has 0 bridgehead atoms. The summed E-state index contributed by atoms with van der Waals surface area (Å²) in [4.78, 5) is 12.9. The van der Waals surface area contributed by atoms with Gasteiger partial charge in [0, 0.05) is 23.8 Å². The van der Waals surface area contributed by atoms with Gasteiger partial charge in [0.15, 0.2) is 16.9 Å². The van der Waals surface area contributed by atoms with Gasteiger partial charge in [-0.2, -0.15) is 0 Å². The van der Waals surface area contributed by atoms with E-state index in [-0.39, 0.29) is 33.8 Å². The summed E-state index contributed by atoms with van der Waals surface area (Å²) in [5.74, 6) is -1.54. The Hall–Kier alpha value is -3.55. The number of rotatable bonds is 7. The van der Waals surface area contributed by atoms with Crippen LogP contribution in [0.5, 0.6) is 23.0 Å². The SMILES string of the molecule is O=c1cc(-c2ccc(O)c(OC3O[C@@H](CO)[C@H](O)[C@@H](O)[C@@H]3O)c2)oc2cc(OC3O[C@@H](CO)[C@H](O)[C@@H](O)[C@@H]3O)cc(O)c12. The van der Waals surface area contributed by atoms with Crippen LogP contribution in [0.4, 0.5) is 0 Å². The molecule has 3 aromatic rings. The summed E-state index contributed by atoms with van der Waals surface area (Å²) in [7, 11) is 0. The fourth-order valence-corrected chi connectivity index (χ4v) is 4.80. The lowest BCUT2D eigenvalue weighted by Gasteiger charge is -2.39. The van der Waals surface area contributed by atoms with Crippen LogP contribution in [0.1, 0.15) is 0 Å². The second kappa shape index (κ2) is 12.2. The highest BCUT2D eigenvalue weighted by Crippen LogP contribution is 2.37. The highest BCUT2D eigenvalue weighted by atomic mass is 16.7. The Bertz CT molecular complexity index is 1500. The van der Waals surface area contributed by atoms with Crippen LogP contribution in [0.25, 0.3) is 22.3 Å². The lowest BCUT2D eigenvalue weighted by atomic mass is 9.99. The van der Waals surface area contributed by atoms with Crippen molar-refractivity contribution < 1.29 is 74.4 Å². The van der Waals surface area contributed by atoms with E-state index in [2.05, 4.69) is 0 Å². The average Bonchev–Trinajstić information content (AvgIpc) is 2.98. The van der Waals surface area contributed by atoms with Crippen molar-refractivity contribution in [1.29, 1.82) is 0 Å². The van der Waals surface area contributed by atoms with Gasteiger partial charge < -0.3 is 74.4 Å². The van der Waals surface area contributed by atoms with E-state index in [1.54, 1.807) is 0 Å². The maximum atomic E-state index is 12.9. The van der Waals surface area contributed by atoms with Crippen LogP contribution in [-0.2, 0) is 9.47 Å². The molecule has 0 spiro atoms. The van der Waals surface area contributed by atoms with Gasteiger partial charge in [0.05, 0.1) is 13.2 Å².